The molecule has 0 saturated carbocycles. The second-order valence-corrected chi connectivity index (χ2v) is 7.69. The topological polar surface area (TPSA) is 72.6 Å². The Hall–Kier alpha value is -0.820. The number of rotatable bonds is 3. The molecule has 1 aromatic carbocycles. The van der Waals surface area contributed by atoms with E-state index < -0.39 is 10.0 Å². The Labute approximate surface area is 131 Å². The third-order valence-corrected chi connectivity index (χ3v) is 6.10. The van der Waals surface area contributed by atoms with E-state index in [-0.39, 0.29) is 17.0 Å². The molecule has 1 aromatic rings. The number of nitrogens with zero attached hydrogens (tertiary/aromatic N) is 1. The van der Waals surface area contributed by atoms with Gasteiger partial charge in [0.15, 0.2) is 0 Å². The summed E-state index contributed by atoms with van der Waals surface area (Å²) in [6.07, 6.45) is 0.570. The Morgan fingerprint density at radius 3 is 2.76 bits per heavy atom. The molecule has 2 rings (SSSR count). The van der Waals surface area contributed by atoms with E-state index in [4.69, 9.17) is 22.1 Å². The van der Waals surface area contributed by atoms with Crippen LogP contribution in [0.3, 0.4) is 0 Å². The van der Waals surface area contributed by atoms with Gasteiger partial charge in [-0.2, -0.15) is 4.31 Å². The average Bonchev–Trinajstić information content (AvgIpc) is 2.42. The van der Waals surface area contributed by atoms with Crippen molar-refractivity contribution in [2.75, 3.05) is 18.9 Å². The summed E-state index contributed by atoms with van der Waals surface area (Å²) in [4.78, 5) is 0.181. The van der Waals surface area contributed by atoms with Gasteiger partial charge in [0.05, 0.1) is 17.6 Å². The van der Waals surface area contributed by atoms with Crippen molar-refractivity contribution in [1.82, 2.24) is 4.31 Å². The van der Waals surface area contributed by atoms with Crippen LogP contribution < -0.4 is 5.73 Å². The molecular weight excluding hydrogens is 312 g/mol. The van der Waals surface area contributed by atoms with Crippen LogP contribution in [-0.4, -0.2) is 38.0 Å². The lowest BCUT2D eigenvalue weighted by molar-refractivity contribution is -0.0230. The normalized spacial score (nSPS) is 24.2. The number of nitrogens with two attached hydrogens (primary N) is 1. The van der Waals surface area contributed by atoms with Crippen LogP contribution in [0.2, 0.25) is 5.02 Å². The zero-order chi connectivity index (χ0) is 15.8. The number of hydrogen-bond donors (Lipinski definition) is 1. The van der Waals surface area contributed by atoms with Gasteiger partial charge in [0.2, 0.25) is 10.0 Å². The van der Waals surface area contributed by atoms with Gasteiger partial charge in [-0.1, -0.05) is 18.5 Å². The molecule has 2 atom stereocenters. The van der Waals surface area contributed by atoms with E-state index in [0.717, 1.165) is 0 Å². The number of ether oxygens (including phenoxy) is 1. The molecule has 1 fully saturated rings. The standard InChI is InChI=1S/C14H21ClN2O3S/c1-4-12-8-20-9(2)7-17(12)21(18,19)14-6-11(15)5-13(16)10(14)3/h5-6,9,12H,4,7-8,16H2,1-3H3. The first kappa shape index (κ1) is 16.5. The zero-order valence-electron chi connectivity index (χ0n) is 12.5. The van der Waals surface area contributed by atoms with Gasteiger partial charge < -0.3 is 10.5 Å². The summed E-state index contributed by atoms with van der Waals surface area (Å²) in [5.41, 5.74) is 6.77. The molecule has 0 aliphatic carbocycles. The molecule has 1 heterocycles. The Kier molecular flexibility index (Phi) is 4.82. The fraction of sp³-hybridized carbons (Fsp3) is 0.571. The molecule has 0 radical (unpaired) electrons. The maximum absolute atomic E-state index is 13.0. The lowest BCUT2D eigenvalue weighted by Gasteiger charge is -2.37. The van der Waals surface area contributed by atoms with Crippen molar-refractivity contribution in [1.29, 1.82) is 0 Å². The molecule has 2 N–H and O–H groups in total. The van der Waals surface area contributed by atoms with Crippen molar-refractivity contribution in [3.05, 3.63) is 22.7 Å². The van der Waals surface area contributed by atoms with Gasteiger partial charge in [0, 0.05) is 23.3 Å². The number of hydrogen-bond acceptors (Lipinski definition) is 4. The number of anilines is 1. The van der Waals surface area contributed by atoms with Crippen molar-refractivity contribution < 1.29 is 13.2 Å². The van der Waals surface area contributed by atoms with Crippen molar-refractivity contribution in [2.24, 2.45) is 0 Å². The summed E-state index contributed by atoms with van der Waals surface area (Å²) in [6, 6.07) is 2.87. The minimum atomic E-state index is -3.64. The highest BCUT2D eigenvalue weighted by molar-refractivity contribution is 7.89. The van der Waals surface area contributed by atoms with E-state index in [0.29, 0.717) is 35.8 Å². The van der Waals surface area contributed by atoms with Crippen molar-refractivity contribution >= 4 is 27.3 Å². The molecule has 1 aliphatic rings. The number of halogens is 1. The van der Waals surface area contributed by atoms with Gasteiger partial charge in [-0.3, -0.25) is 0 Å². The summed E-state index contributed by atoms with van der Waals surface area (Å²) >= 11 is 5.98. The molecule has 0 bridgehead atoms. The van der Waals surface area contributed by atoms with Crippen LogP contribution in [0.4, 0.5) is 5.69 Å². The first-order valence-electron chi connectivity index (χ1n) is 6.96. The smallest absolute Gasteiger partial charge is 0.243 e. The number of sulfonamides is 1. The van der Waals surface area contributed by atoms with Gasteiger partial charge in [-0.15, -0.1) is 0 Å². The van der Waals surface area contributed by atoms with Gasteiger partial charge >= 0.3 is 0 Å². The minimum absolute atomic E-state index is 0.126. The van der Waals surface area contributed by atoms with Crippen LogP contribution in [0.5, 0.6) is 0 Å². The maximum Gasteiger partial charge on any atom is 0.243 e. The third-order valence-electron chi connectivity index (χ3n) is 3.84. The fourth-order valence-corrected chi connectivity index (χ4v) is 4.83. The molecule has 21 heavy (non-hydrogen) atoms. The molecule has 1 saturated heterocycles. The highest BCUT2D eigenvalue weighted by atomic mass is 35.5. The average molecular weight is 333 g/mol. The Bertz CT molecular complexity index is 633. The molecule has 0 aromatic heterocycles. The SMILES string of the molecule is CCC1COC(C)CN1S(=O)(=O)c1cc(Cl)cc(N)c1C. The molecule has 2 unspecified atom stereocenters. The van der Waals surface area contributed by atoms with Crippen LogP contribution >= 0.6 is 11.6 Å². The second kappa shape index (κ2) is 6.12. The van der Waals surface area contributed by atoms with E-state index in [9.17, 15) is 8.42 Å². The fourth-order valence-electron chi connectivity index (χ4n) is 2.50. The molecule has 0 amide bonds. The zero-order valence-corrected chi connectivity index (χ0v) is 14.0. The Morgan fingerprint density at radius 2 is 2.14 bits per heavy atom. The number of nitrogen functional groups attached to an aromatic ring is 1. The summed E-state index contributed by atoms with van der Waals surface area (Å²) in [5.74, 6) is 0. The number of benzene rings is 1. The summed E-state index contributed by atoms with van der Waals surface area (Å²) in [5, 5.41) is 0.325. The van der Waals surface area contributed by atoms with Gasteiger partial charge in [-0.25, -0.2) is 8.42 Å². The van der Waals surface area contributed by atoms with Gasteiger partial charge in [0.1, 0.15) is 0 Å². The lowest BCUT2D eigenvalue weighted by Crippen LogP contribution is -2.51. The van der Waals surface area contributed by atoms with Crippen LogP contribution in [0, 0.1) is 6.92 Å². The monoisotopic (exact) mass is 332 g/mol. The van der Waals surface area contributed by atoms with E-state index in [1.165, 1.54) is 10.4 Å². The molecule has 118 valence electrons. The molecular formula is C14H21ClN2O3S. The van der Waals surface area contributed by atoms with Gasteiger partial charge in [0.25, 0.3) is 0 Å². The van der Waals surface area contributed by atoms with Crippen molar-refractivity contribution in [3.63, 3.8) is 0 Å². The third kappa shape index (κ3) is 3.18. The molecule has 0 spiro atoms. The van der Waals surface area contributed by atoms with E-state index in [1.54, 1.807) is 13.0 Å². The van der Waals surface area contributed by atoms with E-state index >= 15 is 0 Å². The Morgan fingerprint density at radius 1 is 1.48 bits per heavy atom. The highest BCUT2D eigenvalue weighted by Crippen LogP contribution is 2.31. The largest absolute Gasteiger partial charge is 0.398 e. The number of morpholine rings is 1. The van der Waals surface area contributed by atoms with Crippen LogP contribution in [0.25, 0.3) is 0 Å². The van der Waals surface area contributed by atoms with Crippen LogP contribution in [0.15, 0.2) is 17.0 Å². The summed E-state index contributed by atoms with van der Waals surface area (Å²) in [7, 11) is -3.64. The van der Waals surface area contributed by atoms with Crippen molar-refractivity contribution in [2.45, 2.75) is 44.2 Å². The second-order valence-electron chi connectivity index (χ2n) is 5.40. The highest BCUT2D eigenvalue weighted by Gasteiger charge is 2.36. The Balaban J connectivity index is 2.50. The maximum atomic E-state index is 13.0. The van der Waals surface area contributed by atoms with Crippen LogP contribution in [0.1, 0.15) is 25.8 Å². The summed E-state index contributed by atoms with van der Waals surface area (Å²) in [6.45, 7) is 6.27. The summed E-state index contributed by atoms with van der Waals surface area (Å²) < 4.78 is 33.0. The quantitative estimate of drug-likeness (QED) is 0.863. The van der Waals surface area contributed by atoms with Crippen molar-refractivity contribution in [3.8, 4) is 0 Å². The molecule has 1 aliphatic heterocycles. The first-order chi connectivity index (χ1) is 9.77. The molecule has 7 heteroatoms. The predicted octanol–water partition coefficient (Wildman–Crippen LogP) is 2.42. The van der Waals surface area contributed by atoms with E-state index in [2.05, 4.69) is 0 Å². The lowest BCUT2D eigenvalue weighted by atomic mass is 10.2. The predicted molar refractivity (Wildman–Crippen MR) is 84.0 cm³/mol. The van der Waals surface area contributed by atoms with Crippen LogP contribution in [-0.2, 0) is 14.8 Å². The first-order valence-corrected chi connectivity index (χ1v) is 8.78. The van der Waals surface area contributed by atoms with E-state index in [1.807, 2.05) is 13.8 Å². The molecule has 5 nitrogen and oxygen atoms in total. The van der Waals surface area contributed by atoms with Gasteiger partial charge in [-0.05, 0) is 38.0 Å². The minimum Gasteiger partial charge on any atom is -0.398 e.